The second-order valence-electron chi connectivity index (χ2n) is 7.04. The average molecular weight is 383 g/mol. The minimum absolute atomic E-state index is 0.0225. The maximum atomic E-state index is 13.0. The van der Waals surface area contributed by atoms with E-state index in [2.05, 4.69) is 0 Å². The molecule has 4 rings (SSSR count). The number of carbonyl (C=O) groups is 1. The van der Waals surface area contributed by atoms with Crippen LogP contribution in [-0.4, -0.2) is 38.4 Å². The first-order valence-corrected chi connectivity index (χ1v) is 9.59. The first kappa shape index (κ1) is 18.5. The largest absolute Gasteiger partial charge is 0.497 e. The summed E-state index contributed by atoms with van der Waals surface area (Å²) in [7, 11) is 3.31. The number of ether oxygens (including phenoxy) is 4. The number of aryl methyl sites for hydroxylation is 1. The molecule has 0 saturated carbocycles. The van der Waals surface area contributed by atoms with Crippen molar-refractivity contribution in [1.82, 2.24) is 4.90 Å². The molecule has 1 atom stereocenters. The molecule has 2 aromatic carbocycles. The number of amides is 1. The summed E-state index contributed by atoms with van der Waals surface area (Å²) in [5.41, 5.74) is 2.09. The molecule has 1 saturated heterocycles. The highest BCUT2D eigenvalue weighted by Crippen LogP contribution is 2.39. The van der Waals surface area contributed by atoms with Crippen molar-refractivity contribution in [1.29, 1.82) is 0 Å². The van der Waals surface area contributed by atoms with Gasteiger partial charge in [-0.3, -0.25) is 4.79 Å². The first-order chi connectivity index (χ1) is 13.7. The smallest absolute Gasteiger partial charge is 0.231 e. The van der Waals surface area contributed by atoms with Crippen molar-refractivity contribution >= 4 is 5.91 Å². The predicted octanol–water partition coefficient (Wildman–Crippen LogP) is 3.73. The van der Waals surface area contributed by atoms with Crippen molar-refractivity contribution in [3.63, 3.8) is 0 Å². The third kappa shape index (κ3) is 3.59. The van der Waals surface area contributed by atoms with E-state index in [0.29, 0.717) is 12.8 Å². The Morgan fingerprint density at radius 3 is 2.79 bits per heavy atom. The van der Waals surface area contributed by atoms with Gasteiger partial charge in [-0.05, 0) is 55.2 Å². The maximum absolute atomic E-state index is 13.0. The first-order valence-electron chi connectivity index (χ1n) is 9.59. The Bertz CT molecular complexity index is 866. The van der Waals surface area contributed by atoms with Crippen molar-refractivity contribution in [2.45, 2.75) is 31.7 Å². The number of nitrogens with zero attached hydrogens (tertiary/aromatic N) is 1. The molecule has 6 nitrogen and oxygen atoms in total. The molecule has 1 amide bonds. The zero-order chi connectivity index (χ0) is 19.5. The third-order valence-electron chi connectivity index (χ3n) is 5.43. The summed E-state index contributed by atoms with van der Waals surface area (Å²) in [6.07, 6.45) is 3.05. The Labute approximate surface area is 165 Å². The van der Waals surface area contributed by atoms with Crippen molar-refractivity contribution in [3.8, 4) is 23.0 Å². The number of rotatable bonds is 6. The molecule has 2 heterocycles. The van der Waals surface area contributed by atoms with Gasteiger partial charge in [-0.2, -0.15) is 0 Å². The molecular formula is C22H25NO5. The number of benzene rings is 2. The SMILES string of the molecule is COc1ccc(OC)c([C@@H]2CCCN2C(=O)CCc2ccc3c(c2)OCO3)c1. The second-order valence-corrected chi connectivity index (χ2v) is 7.04. The molecule has 0 aromatic heterocycles. The van der Waals surface area contributed by atoms with Gasteiger partial charge in [0, 0.05) is 18.5 Å². The van der Waals surface area contributed by atoms with Crippen molar-refractivity contribution < 1.29 is 23.7 Å². The lowest BCUT2D eigenvalue weighted by molar-refractivity contribution is -0.132. The van der Waals surface area contributed by atoms with Gasteiger partial charge in [-0.15, -0.1) is 0 Å². The molecule has 28 heavy (non-hydrogen) atoms. The molecule has 0 spiro atoms. The molecule has 0 radical (unpaired) electrons. The van der Waals surface area contributed by atoms with Crippen LogP contribution < -0.4 is 18.9 Å². The van der Waals surface area contributed by atoms with Crippen LogP contribution >= 0.6 is 0 Å². The van der Waals surface area contributed by atoms with Gasteiger partial charge in [-0.1, -0.05) is 6.07 Å². The summed E-state index contributed by atoms with van der Waals surface area (Å²) >= 11 is 0. The number of carbonyl (C=O) groups excluding carboxylic acids is 1. The fraction of sp³-hybridized carbons (Fsp3) is 0.409. The summed E-state index contributed by atoms with van der Waals surface area (Å²) in [4.78, 5) is 15.0. The number of hydrogen-bond donors (Lipinski definition) is 0. The summed E-state index contributed by atoms with van der Waals surface area (Å²) in [5.74, 6) is 3.24. The van der Waals surface area contributed by atoms with E-state index in [0.717, 1.165) is 53.5 Å². The molecule has 0 bridgehead atoms. The van der Waals surface area contributed by atoms with Crippen LogP contribution in [0.1, 0.15) is 36.4 Å². The van der Waals surface area contributed by atoms with Gasteiger partial charge >= 0.3 is 0 Å². The van der Waals surface area contributed by atoms with Crippen LogP contribution in [-0.2, 0) is 11.2 Å². The number of likely N-dealkylation sites (tertiary alicyclic amines) is 1. The highest BCUT2D eigenvalue weighted by Gasteiger charge is 2.32. The third-order valence-corrected chi connectivity index (χ3v) is 5.43. The van der Waals surface area contributed by atoms with Gasteiger partial charge in [0.05, 0.1) is 20.3 Å². The van der Waals surface area contributed by atoms with E-state index in [4.69, 9.17) is 18.9 Å². The van der Waals surface area contributed by atoms with Crippen LogP contribution in [0.15, 0.2) is 36.4 Å². The van der Waals surface area contributed by atoms with E-state index in [1.54, 1.807) is 14.2 Å². The summed E-state index contributed by atoms with van der Waals surface area (Å²) in [5, 5.41) is 0. The quantitative estimate of drug-likeness (QED) is 0.761. The predicted molar refractivity (Wildman–Crippen MR) is 104 cm³/mol. The van der Waals surface area contributed by atoms with Crippen LogP contribution in [0, 0.1) is 0 Å². The van der Waals surface area contributed by atoms with E-state index >= 15 is 0 Å². The summed E-state index contributed by atoms with van der Waals surface area (Å²) in [6, 6.07) is 11.6. The summed E-state index contributed by atoms with van der Waals surface area (Å²) in [6.45, 7) is 1.03. The molecule has 6 heteroatoms. The fourth-order valence-corrected chi connectivity index (χ4v) is 3.98. The van der Waals surface area contributed by atoms with Gasteiger partial charge < -0.3 is 23.8 Å². The Balaban J connectivity index is 1.46. The Morgan fingerprint density at radius 2 is 1.96 bits per heavy atom. The van der Waals surface area contributed by atoms with E-state index in [1.807, 2.05) is 41.3 Å². The molecule has 148 valence electrons. The monoisotopic (exact) mass is 383 g/mol. The van der Waals surface area contributed by atoms with Crippen molar-refractivity contribution in [3.05, 3.63) is 47.5 Å². The maximum Gasteiger partial charge on any atom is 0.231 e. The minimum atomic E-state index is 0.0225. The van der Waals surface area contributed by atoms with Crippen LogP contribution in [0.4, 0.5) is 0 Å². The normalized spacial score (nSPS) is 17.6. The molecular weight excluding hydrogens is 358 g/mol. The lowest BCUT2D eigenvalue weighted by Crippen LogP contribution is -2.31. The van der Waals surface area contributed by atoms with Crippen LogP contribution in [0.25, 0.3) is 0 Å². The standard InChI is InChI=1S/C22H25NO5/c1-25-16-7-9-19(26-2)17(13-16)18-4-3-11-23(18)22(24)10-6-15-5-8-20-21(12-15)28-14-27-20/h5,7-9,12-13,18H,3-4,6,10-11,14H2,1-2H3/t18-/m0/s1. The lowest BCUT2D eigenvalue weighted by Gasteiger charge is -2.27. The molecule has 0 N–H and O–H groups in total. The van der Waals surface area contributed by atoms with Crippen LogP contribution in [0.2, 0.25) is 0 Å². The molecule has 2 aromatic rings. The molecule has 1 fully saturated rings. The Morgan fingerprint density at radius 1 is 1.11 bits per heavy atom. The average Bonchev–Trinajstić information content (AvgIpc) is 3.40. The zero-order valence-corrected chi connectivity index (χ0v) is 16.3. The van der Waals surface area contributed by atoms with Crippen molar-refractivity contribution in [2.24, 2.45) is 0 Å². The van der Waals surface area contributed by atoms with E-state index < -0.39 is 0 Å². The van der Waals surface area contributed by atoms with Crippen LogP contribution in [0.5, 0.6) is 23.0 Å². The fourth-order valence-electron chi connectivity index (χ4n) is 3.98. The zero-order valence-electron chi connectivity index (χ0n) is 16.3. The summed E-state index contributed by atoms with van der Waals surface area (Å²) < 4.78 is 21.7. The Kier molecular flexibility index (Phi) is 5.28. The van der Waals surface area contributed by atoms with Gasteiger partial charge in [0.1, 0.15) is 11.5 Å². The molecule has 0 unspecified atom stereocenters. The molecule has 2 aliphatic rings. The van der Waals surface area contributed by atoms with Gasteiger partial charge in [-0.25, -0.2) is 0 Å². The number of hydrogen-bond acceptors (Lipinski definition) is 5. The van der Waals surface area contributed by atoms with E-state index in [1.165, 1.54) is 0 Å². The van der Waals surface area contributed by atoms with Gasteiger partial charge in [0.2, 0.25) is 12.7 Å². The molecule has 2 aliphatic heterocycles. The van der Waals surface area contributed by atoms with Gasteiger partial charge in [0.15, 0.2) is 11.5 Å². The van der Waals surface area contributed by atoms with E-state index in [9.17, 15) is 4.79 Å². The lowest BCUT2D eigenvalue weighted by atomic mass is 10.0. The highest BCUT2D eigenvalue weighted by atomic mass is 16.7. The Hall–Kier alpha value is -2.89. The minimum Gasteiger partial charge on any atom is -0.497 e. The topological polar surface area (TPSA) is 57.2 Å². The number of fused-ring (bicyclic) bond motifs is 1. The van der Waals surface area contributed by atoms with E-state index in [-0.39, 0.29) is 18.7 Å². The van der Waals surface area contributed by atoms with Gasteiger partial charge in [0.25, 0.3) is 0 Å². The molecule has 0 aliphatic carbocycles. The van der Waals surface area contributed by atoms with Crippen molar-refractivity contribution in [2.75, 3.05) is 27.6 Å². The second kappa shape index (κ2) is 8.00. The van der Waals surface area contributed by atoms with Crippen LogP contribution in [0.3, 0.4) is 0 Å². The highest BCUT2D eigenvalue weighted by molar-refractivity contribution is 5.77. The number of methoxy groups -OCH3 is 2.